The number of hydrogen-bond acceptors (Lipinski definition) is 3. The van der Waals surface area contributed by atoms with E-state index >= 15 is 0 Å². The van der Waals surface area contributed by atoms with Crippen LogP contribution in [-0.4, -0.2) is 4.57 Å². The average Bonchev–Trinajstić information content (AvgIpc) is 4.02. The second-order valence-corrected chi connectivity index (χ2v) is 16.0. The first-order valence-corrected chi connectivity index (χ1v) is 21.1. The third-order valence-electron chi connectivity index (χ3n) is 12.6. The third-order valence-corrected chi connectivity index (χ3v) is 12.6. The molecular formula is C58H36N2O2. The van der Waals surface area contributed by atoms with Gasteiger partial charge in [-0.2, -0.15) is 0 Å². The fourth-order valence-electron chi connectivity index (χ4n) is 9.88. The molecule has 0 spiro atoms. The molecule has 4 nitrogen and oxygen atoms in total. The molecular weight excluding hydrogens is 757 g/mol. The number of anilines is 3. The molecule has 3 heterocycles. The van der Waals surface area contributed by atoms with Crippen molar-refractivity contribution in [2.45, 2.75) is 0 Å². The van der Waals surface area contributed by atoms with E-state index < -0.39 is 0 Å². The van der Waals surface area contributed by atoms with E-state index in [0.717, 1.165) is 99.7 Å². The minimum atomic E-state index is 0.869. The molecule has 0 fully saturated rings. The minimum absolute atomic E-state index is 0.869. The number of furan rings is 2. The first-order valence-electron chi connectivity index (χ1n) is 21.1. The van der Waals surface area contributed by atoms with E-state index in [1.807, 2.05) is 12.1 Å². The van der Waals surface area contributed by atoms with Crippen molar-refractivity contribution < 1.29 is 8.83 Å². The second kappa shape index (κ2) is 13.6. The van der Waals surface area contributed by atoms with E-state index in [9.17, 15) is 0 Å². The molecule has 4 heteroatoms. The van der Waals surface area contributed by atoms with Crippen molar-refractivity contribution in [2.24, 2.45) is 0 Å². The predicted molar refractivity (Wildman–Crippen MR) is 258 cm³/mol. The van der Waals surface area contributed by atoms with Crippen LogP contribution in [0.2, 0.25) is 0 Å². The average molecular weight is 793 g/mol. The van der Waals surface area contributed by atoms with Crippen LogP contribution in [0.1, 0.15) is 0 Å². The predicted octanol–water partition coefficient (Wildman–Crippen LogP) is 16.5. The highest BCUT2D eigenvalue weighted by Crippen LogP contribution is 2.47. The van der Waals surface area contributed by atoms with Crippen LogP contribution in [-0.2, 0) is 0 Å². The van der Waals surface area contributed by atoms with Crippen LogP contribution in [0.4, 0.5) is 17.1 Å². The number of hydrogen-bond donors (Lipinski definition) is 0. The van der Waals surface area contributed by atoms with Gasteiger partial charge >= 0.3 is 0 Å². The van der Waals surface area contributed by atoms with E-state index in [4.69, 9.17) is 8.83 Å². The monoisotopic (exact) mass is 792 g/mol. The Morgan fingerprint density at radius 3 is 1.76 bits per heavy atom. The molecule has 0 saturated heterocycles. The summed E-state index contributed by atoms with van der Waals surface area (Å²) in [6, 6.07) is 78.0. The van der Waals surface area contributed by atoms with Gasteiger partial charge in [0.2, 0.25) is 0 Å². The van der Waals surface area contributed by atoms with Gasteiger partial charge in [-0.25, -0.2) is 0 Å². The smallest absolute Gasteiger partial charge is 0.143 e. The van der Waals surface area contributed by atoms with Crippen molar-refractivity contribution in [3.05, 3.63) is 218 Å². The number of aromatic nitrogens is 1. The van der Waals surface area contributed by atoms with Crippen LogP contribution in [0.5, 0.6) is 0 Å². The molecule has 0 aliphatic heterocycles. The number of benzene rings is 10. The van der Waals surface area contributed by atoms with Gasteiger partial charge in [0, 0.05) is 60.3 Å². The molecule has 290 valence electrons. The van der Waals surface area contributed by atoms with Gasteiger partial charge in [-0.3, -0.25) is 0 Å². The van der Waals surface area contributed by atoms with E-state index in [2.05, 4.69) is 216 Å². The zero-order valence-corrected chi connectivity index (χ0v) is 33.5. The summed E-state index contributed by atoms with van der Waals surface area (Å²) in [5.41, 5.74) is 14.6. The van der Waals surface area contributed by atoms with Gasteiger partial charge in [0.1, 0.15) is 22.3 Å². The first kappa shape index (κ1) is 34.5. The topological polar surface area (TPSA) is 34.5 Å². The Bertz CT molecular complexity index is 3830. The molecule has 13 rings (SSSR count). The lowest BCUT2D eigenvalue weighted by Gasteiger charge is -2.29. The Morgan fingerprint density at radius 1 is 0.355 bits per heavy atom. The molecule has 13 aromatic rings. The summed E-state index contributed by atoms with van der Waals surface area (Å²) in [7, 11) is 0. The summed E-state index contributed by atoms with van der Waals surface area (Å²) in [4.78, 5) is 2.40. The van der Waals surface area contributed by atoms with Crippen molar-refractivity contribution in [3.8, 4) is 27.9 Å². The van der Waals surface area contributed by atoms with Crippen molar-refractivity contribution in [1.82, 2.24) is 4.57 Å². The largest absolute Gasteiger partial charge is 0.456 e. The van der Waals surface area contributed by atoms with Gasteiger partial charge in [0.15, 0.2) is 0 Å². The molecule has 0 bridgehead atoms. The molecule has 0 saturated carbocycles. The van der Waals surface area contributed by atoms with Crippen molar-refractivity contribution in [2.75, 3.05) is 4.90 Å². The van der Waals surface area contributed by atoms with E-state index in [1.165, 1.54) is 21.8 Å². The summed E-state index contributed by atoms with van der Waals surface area (Å²) in [6.07, 6.45) is 0. The Hall–Kier alpha value is -8.34. The van der Waals surface area contributed by atoms with Gasteiger partial charge in [-0.1, -0.05) is 146 Å². The van der Waals surface area contributed by atoms with Crippen LogP contribution in [0.25, 0.3) is 104 Å². The molecule has 0 amide bonds. The highest BCUT2D eigenvalue weighted by atomic mass is 16.3. The normalized spacial score (nSPS) is 11.9. The van der Waals surface area contributed by atoms with E-state index in [-0.39, 0.29) is 0 Å². The lowest BCUT2D eigenvalue weighted by atomic mass is 9.96. The van der Waals surface area contributed by atoms with E-state index in [1.54, 1.807) is 0 Å². The molecule has 0 radical (unpaired) electrons. The molecule has 10 aromatic carbocycles. The molecule has 0 unspecified atom stereocenters. The maximum absolute atomic E-state index is 6.71. The maximum atomic E-state index is 6.71. The van der Waals surface area contributed by atoms with E-state index in [0.29, 0.717) is 0 Å². The van der Waals surface area contributed by atoms with Crippen molar-refractivity contribution in [3.63, 3.8) is 0 Å². The summed E-state index contributed by atoms with van der Waals surface area (Å²) in [6.45, 7) is 0. The Morgan fingerprint density at radius 2 is 0.952 bits per heavy atom. The fraction of sp³-hybridized carbons (Fsp3) is 0. The lowest BCUT2D eigenvalue weighted by molar-refractivity contribution is 0.669. The summed E-state index contributed by atoms with van der Waals surface area (Å²) < 4.78 is 15.4. The number of para-hydroxylation sites is 4. The summed E-state index contributed by atoms with van der Waals surface area (Å²) in [5, 5.41) is 9.21. The highest BCUT2D eigenvalue weighted by molar-refractivity contribution is 6.20. The third kappa shape index (κ3) is 5.20. The highest BCUT2D eigenvalue weighted by Gasteiger charge is 2.22. The summed E-state index contributed by atoms with van der Waals surface area (Å²) >= 11 is 0. The van der Waals surface area contributed by atoms with Crippen molar-refractivity contribution in [1.29, 1.82) is 0 Å². The van der Waals surface area contributed by atoms with Crippen LogP contribution in [0.15, 0.2) is 227 Å². The van der Waals surface area contributed by atoms with Gasteiger partial charge in [-0.15, -0.1) is 0 Å². The fourth-order valence-corrected chi connectivity index (χ4v) is 9.88. The number of rotatable bonds is 6. The maximum Gasteiger partial charge on any atom is 0.143 e. The molecule has 0 aliphatic rings. The number of fused-ring (bicyclic) bond motifs is 11. The molecule has 62 heavy (non-hydrogen) atoms. The number of nitrogens with zero attached hydrogens (tertiary/aromatic N) is 2. The van der Waals surface area contributed by atoms with Crippen LogP contribution >= 0.6 is 0 Å². The van der Waals surface area contributed by atoms with Crippen LogP contribution < -0.4 is 4.90 Å². The lowest BCUT2D eigenvalue weighted by Crippen LogP contribution is -2.12. The zero-order chi connectivity index (χ0) is 40.7. The second-order valence-electron chi connectivity index (χ2n) is 16.0. The van der Waals surface area contributed by atoms with Crippen LogP contribution in [0.3, 0.4) is 0 Å². The van der Waals surface area contributed by atoms with Gasteiger partial charge in [0.25, 0.3) is 0 Å². The molecule has 0 atom stereocenters. The Balaban J connectivity index is 1.03. The first-order chi connectivity index (χ1) is 30.8. The SMILES string of the molecule is c1cc(N(c2ccc(-c3cccc4oc5ccccc5c34)cc2)c2ccccc2-c2cccc3oc4c5ccccc5ccc4c23)cc(-n2c3ccccc3c3ccccc32)c1. The Kier molecular flexibility index (Phi) is 7.57. The summed E-state index contributed by atoms with van der Waals surface area (Å²) in [5.74, 6) is 0. The zero-order valence-electron chi connectivity index (χ0n) is 33.5. The molecule has 3 aromatic heterocycles. The van der Waals surface area contributed by atoms with Gasteiger partial charge < -0.3 is 18.3 Å². The van der Waals surface area contributed by atoms with Crippen molar-refractivity contribution >= 4 is 93.5 Å². The van der Waals surface area contributed by atoms with Gasteiger partial charge in [-0.05, 0) is 94.9 Å². The minimum Gasteiger partial charge on any atom is -0.456 e. The molecule has 0 aliphatic carbocycles. The van der Waals surface area contributed by atoms with Gasteiger partial charge in [0.05, 0.1) is 16.7 Å². The Labute approximate surface area is 356 Å². The standard InChI is InChI=1S/C58H36N2O2/c1-2-17-43-37(14-1)32-35-49-57-47(23-13-29-55(57)62-58(43)49)46-20-5-7-24-50(46)59(39-33-30-38(31-34-39)42-22-12-28-54-56(42)48-21-6-10-27-53(48)61-54)40-15-11-16-41(36-40)60-51-25-8-3-18-44(51)45-19-4-9-26-52(45)60/h1-36H. The quantitative estimate of drug-likeness (QED) is 0.168. The molecule has 0 N–H and O–H groups in total. The van der Waals surface area contributed by atoms with Crippen LogP contribution in [0, 0.1) is 0 Å².